The van der Waals surface area contributed by atoms with Crippen LogP contribution in [0.1, 0.15) is 51.9 Å². The molecule has 0 saturated carbocycles. The summed E-state index contributed by atoms with van der Waals surface area (Å²) in [6.07, 6.45) is 2.56. The van der Waals surface area contributed by atoms with E-state index in [0.29, 0.717) is 29.8 Å². The van der Waals surface area contributed by atoms with Gasteiger partial charge in [-0.05, 0) is 69.8 Å². The van der Waals surface area contributed by atoms with E-state index in [2.05, 4.69) is 63.1 Å². The summed E-state index contributed by atoms with van der Waals surface area (Å²) in [6, 6.07) is 7.50. The molecule has 0 bridgehead atoms. The molecule has 202 valence electrons. The maximum Gasteiger partial charge on any atom is 0.261 e. The van der Waals surface area contributed by atoms with E-state index in [0.717, 1.165) is 70.8 Å². The highest BCUT2D eigenvalue weighted by Gasteiger charge is 2.10. The molecule has 2 aromatic rings. The minimum absolute atomic E-state index is 0.539. The van der Waals surface area contributed by atoms with Crippen LogP contribution in [0.5, 0.6) is 0 Å². The van der Waals surface area contributed by atoms with Gasteiger partial charge < -0.3 is 20.4 Å². The van der Waals surface area contributed by atoms with Crippen LogP contribution in [0.3, 0.4) is 0 Å². The monoisotopic (exact) mass is 520 g/mol. The Bertz CT molecular complexity index is 869. The Morgan fingerprint density at radius 1 is 0.806 bits per heavy atom. The van der Waals surface area contributed by atoms with Crippen LogP contribution in [-0.4, -0.2) is 92.9 Å². The Labute approximate surface area is 219 Å². The molecule has 0 aliphatic carbocycles. The lowest BCUT2D eigenvalue weighted by Gasteiger charge is -2.18. The second-order valence-corrected chi connectivity index (χ2v) is 9.59. The fraction of sp³-hybridized carbons (Fsp3) is 0.640. The molecule has 1 unspecified atom stereocenters. The lowest BCUT2D eigenvalue weighted by Crippen LogP contribution is -2.26. The van der Waals surface area contributed by atoms with Gasteiger partial charge in [0.15, 0.2) is 0 Å². The van der Waals surface area contributed by atoms with Crippen molar-refractivity contribution in [3.63, 3.8) is 0 Å². The van der Waals surface area contributed by atoms with E-state index in [1.54, 1.807) is 7.05 Å². The Morgan fingerprint density at radius 2 is 1.28 bits per heavy atom. The first-order valence-corrected chi connectivity index (χ1v) is 14.1. The summed E-state index contributed by atoms with van der Waals surface area (Å²) < 4.78 is 21.9. The van der Waals surface area contributed by atoms with Gasteiger partial charge in [0.25, 0.3) is 11.3 Å². The van der Waals surface area contributed by atoms with Crippen molar-refractivity contribution in [2.24, 2.45) is 0 Å². The van der Waals surface area contributed by atoms with E-state index in [9.17, 15) is 8.76 Å². The first-order valence-electron chi connectivity index (χ1n) is 13.0. The fourth-order valence-electron chi connectivity index (χ4n) is 3.84. The van der Waals surface area contributed by atoms with E-state index in [-0.39, 0.29) is 0 Å². The van der Waals surface area contributed by atoms with Gasteiger partial charge >= 0.3 is 0 Å². The summed E-state index contributed by atoms with van der Waals surface area (Å²) in [4.78, 5) is 18.7. The van der Waals surface area contributed by atoms with E-state index in [1.807, 2.05) is 24.3 Å². The van der Waals surface area contributed by atoms with Crippen LogP contribution in [0.4, 0.5) is 17.6 Å². The molecule has 0 radical (unpaired) electrons. The molecule has 10 nitrogen and oxygen atoms in total. The van der Waals surface area contributed by atoms with Gasteiger partial charge in [0, 0.05) is 26.6 Å². The fourth-order valence-corrected chi connectivity index (χ4v) is 4.14. The third kappa shape index (κ3) is 10.3. The van der Waals surface area contributed by atoms with E-state index >= 15 is 0 Å². The molecule has 0 spiro atoms. The molecule has 36 heavy (non-hydrogen) atoms. The molecule has 1 atom stereocenters. The molecule has 0 aliphatic rings. The van der Waals surface area contributed by atoms with Crippen molar-refractivity contribution in [3.8, 4) is 0 Å². The number of benzene rings is 1. The smallest absolute Gasteiger partial charge is 0.261 e. The number of nitrogens with one attached hydrogen (secondary N) is 2. The quantitative estimate of drug-likeness (QED) is 0.201. The molecular formula is C25H44N8O2S. The van der Waals surface area contributed by atoms with Crippen LogP contribution >= 0.6 is 0 Å². The Morgan fingerprint density at radius 3 is 1.69 bits per heavy atom. The van der Waals surface area contributed by atoms with Crippen molar-refractivity contribution in [2.75, 3.05) is 74.3 Å². The predicted octanol–water partition coefficient (Wildman–Crippen LogP) is 3.32. The average Bonchev–Trinajstić information content (AvgIpc) is 2.89. The number of anilines is 3. The molecule has 0 fully saturated rings. The first-order chi connectivity index (χ1) is 17.4. The van der Waals surface area contributed by atoms with Crippen LogP contribution in [0, 0.1) is 0 Å². The highest BCUT2D eigenvalue weighted by Crippen LogP contribution is 2.17. The molecule has 11 heteroatoms. The number of aromatic nitrogens is 3. The van der Waals surface area contributed by atoms with Crippen molar-refractivity contribution in [3.05, 3.63) is 35.7 Å². The van der Waals surface area contributed by atoms with Crippen LogP contribution in [0.25, 0.3) is 0 Å². The van der Waals surface area contributed by atoms with Gasteiger partial charge in [0.2, 0.25) is 11.9 Å². The molecule has 0 amide bonds. The maximum atomic E-state index is 11.3. The van der Waals surface area contributed by atoms with Gasteiger partial charge in [-0.25, -0.2) is 4.21 Å². The van der Waals surface area contributed by atoms with Crippen molar-refractivity contribution < 1.29 is 8.76 Å². The topological polar surface area (TPSA) is 110 Å². The largest absolute Gasteiger partial charge is 0.354 e. The number of rotatable bonds is 18. The number of nitrogens with zero attached hydrogens (tertiary/aromatic N) is 6. The zero-order chi connectivity index (χ0) is 26.3. The lowest BCUT2D eigenvalue weighted by atomic mass is 10.1. The van der Waals surface area contributed by atoms with Crippen LogP contribution < -0.4 is 14.9 Å². The van der Waals surface area contributed by atoms with Crippen LogP contribution in [0.15, 0.2) is 24.3 Å². The molecule has 1 aromatic heterocycles. The Balaban J connectivity index is 2.07. The second kappa shape index (κ2) is 16.4. The third-order valence-electron chi connectivity index (χ3n) is 6.24. The second-order valence-electron chi connectivity index (χ2n) is 8.58. The molecule has 0 aliphatic heterocycles. The van der Waals surface area contributed by atoms with Crippen molar-refractivity contribution >= 4 is 28.9 Å². The summed E-state index contributed by atoms with van der Waals surface area (Å²) in [7, 11) is 1.58. The molecule has 1 aromatic carbocycles. The normalized spacial score (nSPS) is 12.2. The predicted molar refractivity (Wildman–Crippen MR) is 150 cm³/mol. The minimum atomic E-state index is -2.05. The Hall–Kier alpha value is -2.34. The first kappa shape index (κ1) is 29.9. The summed E-state index contributed by atoms with van der Waals surface area (Å²) in [5.74, 6) is 1.84. The minimum Gasteiger partial charge on any atom is -0.354 e. The summed E-state index contributed by atoms with van der Waals surface area (Å²) in [5, 5.41) is 6.75. The highest BCUT2D eigenvalue weighted by molar-refractivity contribution is 7.80. The Kier molecular flexibility index (Phi) is 13.6. The average molecular weight is 521 g/mol. The van der Waals surface area contributed by atoms with Crippen molar-refractivity contribution in [1.29, 1.82) is 0 Å². The summed E-state index contributed by atoms with van der Waals surface area (Å²) >= 11 is -2.05. The van der Waals surface area contributed by atoms with Gasteiger partial charge in [0.05, 0.1) is 5.69 Å². The zero-order valence-corrected chi connectivity index (χ0v) is 23.4. The van der Waals surface area contributed by atoms with E-state index < -0.39 is 11.3 Å². The van der Waals surface area contributed by atoms with Gasteiger partial charge in [-0.15, -0.1) is 0 Å². The van der Waals surface area contributed by atoms with Gasteiger partial charge in [-0.1, -0.05) is 39.8 Å². The maximum absolute atomic E-state index is 11.3. The molecule has 2 rings (SSSR count). The lowest BCUT2D eigenvalue weighted by molar-refractivity contribution is 0.303. The standard InChI is InChI=1S/C25H44N8O2S/c1-6-32(7-2)18-10-16-26-24-28-23(20-21-12-14-22(15-13-21)31(5)36(34)35)29-25(30-24)27-17-11-19-33(8-3)9-4/h12-15H,6-11,16-20H2,1-5H3,(H,34,35)(H2,26,27,28,29,30). The third-order valence-corrected chi connectivity index (χ3v) is 6.91. The molecule has 1 heterocycles. The highest BCUT2D eigenvalue weighted by atomic mass is 32.2. The number of hydrogen-bond donors (Lipinski definition) is 3. The molecule has 0 saturated heterocycles. The zero-order valence-electron chi connectivity index (χ0n) is 22.5. The van der Waals surface area contributed by atoms with Crippen molar-refractivity contribution in [1.82, 2.24) is 24.8 Å². The van der Waals surface area contributed by atoms with Gasteiger partial charge in [0.1, 0.15) is 5.82 Å². The molecular weight excluding hydrogens is 476 g/mol. The number of hydrogen-bond acceptors (Lipinski definition) is 8. The van der Waals surface area contributed by atoms with E-state index in [1.165, 1.54) is 4.31 Å². The molecule has 3 N–H and O–H groups in total. The summed E-state index contributed by atoms with van der Waals surface area (Å²) in [6.45, 7) is 16.6. The van der Waals surface area contributed by atoms with E-state index in [4.69, 9.17) is 0 Å². The van der Waals surface area contributed by atoms with Gasteiger partial charge in [-0.2, -0.15) is 15.0 Å². The van der Waals surface area contributed by atoms with Crippen LogP contribution in [-0.2, 0) is 17.7 Å². The summed E-state index contributed by atoms with van der Waals surface area (Å²) in [5.41, 5.74) is 1.68. The van der Waals surface area contributed by atoms with Gasteiger partial charge in [-0.3, -0.25) is 8.86 Å². The van der Waals surface area contributed by atoms with Crippen LogP contribution in [0.2, 0.25) is 0 Å². The van der Waals surface area contributed by atoms with Crippen molar-refractivity contribution in [2.45, 2.75) is 47.0 Å². The SMILES string of the molecule is CCN(CC)CCCNc1nc(Cc2ccc(N(C)S(=O)O)cc2)nc(NCCCN(CC)CC)n1.